The molecule has 116 valence electrons. The number of hydrogen-bond donors (Lipinski definition) is 1. The Labute approximate surface area is 131 Å². The highest BCUT2D eigenvalue weighted by atomic mass is 16.2. The molecular weight excluding hydrogens is 276 g/mol. The van der Waals surface area contributed by atoms with Crippen molar-refractivity contribution in [1.82, 2.24) is 10.2 Å². The summed E-state index contributed by atoms with van der Waals surface area (Å²) in [6.07, 6.45) is 1.84. The average molecular weight is 298 g/mol. The zero-order chi connectivity index (χ0) is 15.4. The molecule has 5 nitrogen and oxygen atoms in total. The summed E-state index contributed by atoms with van der Waals surface area (Å²) >= 11 is 0. The fourth-order valence-corrected chi connectivity index (χ4v) is 3.27. The van der Waals surface area contributed by atoms with E-state index in [4.69, 9.17) is 5.26 Å². The number of nitrogens with zero attached hydrogens (tertiary/aromatic N) is 3. The smallest absolute Gasteiger partial charge is 0.225 e. The molecular formula is C17H22N4O. The van der Waals surface area contributed by atoms with Crippen molar-refractivity contribution in [2.75, 3.05) is 44.2 Å². The Morgan fingerprint density at radius 1 is 1.09 bits per heavy atom. The van der Waals surface area contributed by atoms with Gasteiger partial charge in [-0.3, -0.25) is 4.79 Å². The zero-order valence-corrected chi connectivity index (χ0v) is 12.8. The predicted molar refractivity (Wildman–Crippen MR) is 85.5 cm³/mol. The zero-order valence-electron chi connectivity index (χ0n) is 12.8. The number of amides is 1. The minimum Gasteiger partial charge on any atom is -0.371 e. The maximum atomic E-state index is 12.5. The fourth-order valence-electron chi connectivity index (χ4n) is 3.27. The highest BCUT2D eigenvalue weighted by Crippen LogP contribution is 2.25. The molecule has 2 heterocycles. The molecule has 1 N–H and O–H groups in total. The maximum Gasteiger partial charge on any atom is 0.225 e. The van der Waals surface area contributed by atoms with Crippen molar-refractivity contribution in [2.45, 2.75) is 12.8 Å². The Morgan fingerprint density at radius 3 is 2.32 bits per heavy atom. The second-order valence-corrected chi connectivity index (χ2v) is 6.00. The Morgan fingerprint density at radius 2 is 1.73 bits per heavy atom. The van der Waals surface area contributed by atoms with Crippen LogP contribution in [0.15, 0.2) is 24.3 Å². The molecule has 0 radical (unpaired) electrons. The number of carbonyl (C=O) groups is 1. The number of nitrogens with one attached hydrogen (secondary N) is 1. The molecule has 2 aliphatic heterocycles. The number of rotatable bonds is 2. The maximum absolute atomic E-state index is 12.5. The topological polar surface area (TPSA) is 59.4 Å². The molecule has 1 aromatic carbocycles. The fraction of sp³-hybridized carbons (Fsp3) is 0.529. The van der Waals surface area contributed by atoms with E-state index in [-0.39, 0.29) is 5.92 Å². The quantitative estimate of drug-likeness (QED) is 0.891. The van der Waals surface area contributed by atoms with Crippen molar-refractivity contribution in [1.29, 1.82) is 5.26 Å². The highest BCUT2D eigenvalue weighted by molar-refractivity contribution is 5.79. The first kappa shape index (κ1) is 14.9. The van der Waals surface area contributed by atoms with Crippen LogP contribution in [0.1, 0.15) is 18.4 Å². The van der Waals surface area contributed by atoms with E-state index in [9.17, 15) is 4.79 Å². The summed E-state index contributed by atoms with van der Waals surface area (Å²) in [5.74, 6) is 0.508. The van der Waals surface area contributed by atoms with Crippen LogP contribution in [0.3, 0.4) is 0 Å². The van der Waals surface area contributed by atoms with E-state index in [0.29, 0.717) is 11.5 Å². The highest BCUT2D eigenvalue weighted by Gasteiger charge is 2.29. The van der Waals surface area contributed by atoms with Crippen molar-refractivity contribution >= 4 is 11.6 Å². The number of anilines is 1. The van der Waals surface area contributed by atoms with Crippen molar-refractivity contribution in [3.05, 3.63) is 29.8 Å². The van der Waals surface area contributed by atoms with E-state index >= 15 is 0 Å². The van der Waals surface area contributed by atoms with Crippen molar-refractivity contribution in [3.63, 3.8) is 0 Å². The van der Waals surface area contributed by atoms with Gasteiger partial charge in [0.1, 0.15) is 0 Å². The van der Waals surface area contributed by atoms with Gasteiger partial charge < -0.3 is 15.1 Å². The molecule has 0 saturated carbocycles. The average Bonchev–Trinajstić information content (AvgIpc) is 2.62. The molecule has 1 amide bonds. The molecule has 0 unspecified atom stereocenters. The lowest BCUT2D eigenvalue weighted by molar-refractivity contribution is -0.136. The molecule has 0 atom stereocenters. The summed E-state index contributed by atoms with van der Waals surface area (Å²) < 4.78 is 0. The largest absolute Gasteiger partial charge is 0.371 e. The van der Waals surface area contributed by atoms with E-state index < -0.39 is 0 Å². The Kier molecular flexibility index (Phi) is 4.59. The second-order valence-electron chi connectivity index (χ2n) is 6.00. The minimum absolute atomic E-state index is 0.174. The van der Waals surface area contributed by atoms with Crippen LogP contribution in [0.5, 0.6) is 0 Å². The van der Waals surface area contributed by atoms with Crippen LogP contribution in [-0.2, 0) is 4.79 Å². The van der Waals surface area contributed by atoms with Crippen molar-refractivity contribution in [2.24, 2.45) is 5.92 Å². The molecule has 0 aliphatic carbocycles. The van der Waals surface area contributed by atoms with E-state index in [2.05, 4.69) is 16.3 Å². The Balaban J connectivity index is 1.55. The summed E-state index contributed by atoms with van der Waals surface area (Å²) in [4.78, 5) is 16.8. The molecule has 0 aromatic heterocycles. The van der Waals surface area contributed by atoms with Crippen LogP contribution in [-0.4, -0.2) is 50.1 Å². The van der Waals surface area contributed by atoms with Gasteiger partial charge in [-0.15, -0.1) is 0 Å². The van der Waals surface area contributed by atoms with E-state index in [1.54, 1.807) is 0 Å². The molecule has 2 saturated heterocycles. The Hall–Kier alpha value is -2.06. The van der Waals surface area contributed by atoms with Crippen LogP contribution >= 0.6 is 0 Å². The van der Waals surface area contributed by atoms with Gasteiger partial charge in [0.05, 0.1) is 11.6 Å². The standard InChI is InChI=1S/C17H22N4O/c18-13-14-1-3-16(4-2-14)20-9-5-15(6-10-20)17(22)21-11-7-19-8-12-21/h1-4,15,19H,5-12H2. The lowest BCUT2D eigenvalue weighted by Crippen LogP contribution is -2.50. The molecule has 22 heavy (non-hydrogen) atoms. The van der Waals surface area contributed by atoms with Crippen LogP contribution in [0.4, 0.5) is 5.69 Å². The number of piperazine rings is 1. The van der Waals surface area contributed by atoms with E-state index in [1.807, 2.05) is 29.2 Å². The first-order valence-electron chi connectivity index (χ1n) is 8.02. The molecule has 3 rings (SSSR count). The van der Waals surface area contributed by atoms with Gasteiger partial charge in [0.25, 0.3) is 0 Å². The van der Waals surface area contributed by atoms with E-state index in [1.165, 1.54) is 0 Å². The lowest BCUT2D eigenvalue weighted by Gasteiger charge is -2.36. The normalized spacial score (nSPS) is 19.8. The van der Waals surface area contributed by atoms with Crippen LogP contribution in [0, 0.1) is 17.2 Å². The monoisotopic (exact) mass is 298 g/mol. The number of carbonyl (C=O) groups excluding carboxylic acids is 1. The third-order valence-corrected chi connectivity index (χ3v) is 4.63. The molecule has 0 bridgehead atoms. The molecule has 5 heteroatoms. The molecule has 2 aliphatic rings. The summed E-state index contributed by atoms with van der Waals surface area (Å²) in [5, 5.41) is 12.1. The van der Waals surface area contributed by atoms with Gasteiger partial charge in [-0.1, -0.05) is 0 Å². The van der Waals surface area contributed by atoms with Gasteiger partial charge in [-0.2, -0.15) is 5.26 Å². The molecule has 0 spiro atoms. The first-order valence-corrected chi connectivity index (χ1v) is 8.02. The summed E-state index contributed by atoms with van der Waals surface area (Å²) in [7, 11) is 0. The molecule has 2 fully saturated rings. The summed E-state index contributed by atoms with van der Waals surface area (Å²) in [5.41, 5.74) is 1.83. The van der Waals surface area contributed by atoms with Crippen molar-refractivity contribution < 1.29 is 4.79 Å². The van der Waals surface area contributed by atoms with Gasteiger partial charge in [0, 0.05) is 50.9 Å². The predicted octanol–water partition coefficient (Wildman–Crippen LogP) is 1.21. The third kappa shape index (κ3) is 3.23. The first-order chi connectivity index (χ1) is 10.8. The summed E-state index contributed by atoms with van der Waals surface area (Å²) in [6, 6.07) is 9.84. The summed E-state index contributed by atoms with van der Waals surface area (Å²) in [6.45, 7) is 5.33. The number of hydrogen-bond acceptors (Lipinski definition) is 4. The van der Waals surface area contributed by atoms with Gasteiger partial charge in [0.15, 0.2) is 0 Å². The van der Waals surface area contributed by atoms with Crippen LogP contribution in [0.25, 0.3) is 0 Å². The third-order valence-electron chi connectivity index (χ3n) is 4.63. The number of piperidine rings is 1. The van der Waals surface area contributed by atoms with E-state index in [0.717, 1.165) is 57.8 Å². The number of benzene rings is 1. The van der Waals surface area contributed by atoms with Crippen LogP contribution in [0.2, 0.25) is 0 Å². The van der Waals surface area contributed by atoms with Gasteiger partial charge in [0.2, 0.25) is 5.91 Å². The van der Waals surface area contributed by atoms with Gasteiger partial charge >= 0.3 is 0 Å². The molecule has 1 aromatic rings. The van der Waals surface area contributed by atoms with Crippen LogP contribution < -0.4 is 10.2 Å². The lowest BCUT2D eigenvalue weighted by atomic mass is 9.94. The Bertz CT molecular complexity index is 549. The van der Waals surface area contributed by atoms with Gasteiger partial charge in [-0.05, 0) is 37.1 Å². The SMILES string of the molecule is N#Cc1ccc(N2CCC(C(=O)N3CCNCC3)CC2)cc1. The number of nitriles is 1. The second kappa shape index (κ2) is 6.80. The van der Waals surface area contributed by atoms with Gasteiger partial charge in [-0.25, -0.2) is 0 Å². The minimum atomic E-state index is 0.174. The van der Waals surface area contributed by atoms with Crippen molar-refractivity contribution in [3.8, 4) is 6.07 Å².